The number of carbonyl (C=O) groups is 1. The lowest BCUT2D eigenvalue weighted by Crippen LogP contribution is -2.41. The van der Waals surface area contributed by atoms with Crippen molar-refractivity contribution in [2.75, 3.05) is 18.0 Å². The topological polar surface area (TPSA) is 45.2 Å². The van der Waals surface area contributed by atoms with Crippen LogP contribution in [-0.4, -0.2) is 29.5 Å². The van der Waals surface area contributed by atoms with E-state index in [0.29, 0.717) is 5.69 Å². The van der Waals surface area contributed by atoms with Crippen LogP contribution in [0.1, 0.15) is 51.0 Å². The first-order valence-electron chi connectivity index (χ1n) is 7.39. The fourth-order valence-electron chi connectivity index (χ4n) is 2.54. The number of nitrogens with zero attached hydrogens (tertiary/aromatic N) is 2. The lowest BCUT2D eigenvalue weighted by Gasteiger charge is -2.32. The lowest BCUT2D eigenvalue weighted by molar-refractivity contribution is 0.0914. The van der Waals surface area contributed by atoms with Crippen molar-refractivity contribution in [3.8, 4) is 0 Å². The van der Waals surface area contributed by atoms with Crippen LogP contribution >= 0.6 is 0 Å². The zero-order valence-electron chi connectivity index (χ0n) is 12.9. The maximum atomic E-state index is 12.0. The quantitative estimate of drug-likeness (QED) is 0.902. The highest BCUT2D eigenvalue weighted by atomic mass is 16.2. The SMILES string of the molecule is CC1CCCN(c2ccc(C(=O)NC(C)(C)C)nc2)C1. The maximum Gasteiger partial charge on any atom is 0.270 e. The van der Waals surface area contributed by atoms with Crippen molar-refractivity contribution in [2.24, 2.45) is 5.92 Å². The van der Waals surface area contributed by atoms with E-state index in [1.54, 1.807) is 0 Å². The highest BCUT2D eigenvalue weighted by Gasteiger charge is 2.19. The molecule has 0 spiro atoms. The third kappa shape index (κ3) is 3.95. The van der Waals surface area contributed by atoms with Gasteiger partial charge in [0.15, 0.2) is 0 Å². The molecular formula is C16H25N3O. The average molecular weight is 275 g/mol. The van der Waals surface area contributed by atoms with Crippen molar-refractivity contribution in [3.05, 3.63) is 24.0 Å². The molecule has 1 atom stereocenters. The summed E-state index contributed by atoms with van der Waals surface area (Å²) in [6.07, 6.45) is 4.35. The van der Waals surface area contributed by atoms with E-state index in [9.17, 15) is 4.79 Å². The van der Waals surface area contributed by atoms with E-state index < -0.39 is 0 Å². The maximum absolute atomic E-state index is 12.0. The van der Waals surface area contributed by atoms with Gasteiger partial charge in [-0.1, -0.05) is 6.92 Å². The minimum absolute atomic E-state index is 0.115. The van der Waals surface area contributed by atoms with Crippen LogP contribution in [0, 0.1) is 5.92 Å². The van der Waals surface area contributed by atoms with E-state index in [-0.39, 0.29) is 11.4 Å². The van der Waals surface area contributed by atoms with E-state index in [1.807, 2.05) is 39.1 Å². The second-order valence-electron chi connectivity index (χ2n) is 6.80. The van der Waals surface area contributed by atoms with Crippen LogP contribution < -0.4 is 10.2 Å². The number of aromatic nitrogens is 1. The minimum Gasteiger partial charge on any atom is -0.370 e. The van der Waals surface area contributed by atoms with Gasteiger partial charge in [-0.15, -0.1) is 0 Å². The van der Waals surface area contributed by atoms with Gasteiger partial charge < -0.3 is 10.2 Å². The molecule has 0 aromatic carbocycles. The van der Waals surface area contributed by atoms with Gasteiger partial charge in [0.05, 0.1) is 11.9 Å². The van der Waals surface area contributed by atoms with Crippen LogP contribution in [0.5, 0.6) is 0 Å². The number of piperidine rings is 1. The van der Waals surface area contributed by atoms with Gasteiger partial charge in [-0.2, -0.15) is 0 Å². The Labute approximate surface area is 121 Å². The average Bonchev–Trinajstić information content (AvgIpc) is 2.37. The molecule has 0 bridgehead atoms. The summed E-state index contributed by atoms with van der Waals surface area (Å²) in [5.74, 6) is 0.615. The summed E-state index contributed by atoms with van der Waals surface area (Å²) in [5, 5.41) is 2.93. The number of hydrogen-bond donors (Lipinski definition) is 1. The molecule has 1 saturated heterocycles. The molecule has 4 nitrogen and oxygen atoms in total. The van der Waals surface area contributed by atoms with Crippen molar-refractivity contribution in [1.82, 2.24) is 10.3 Å². The molecule has 2 heterocycles. The van der Waals surface area contributed by atoms with Gasteiger partial charge in [0, 0.05) is 18.6 Å². The van der Waals surface area contributed by atoms with Crippen LogP contribution in [0.2, 0.25) is 0 Å². The van der Waals surface area contributed by atoms with Gasteiger partial charge >= 0.3 is 0 Å². The molecule has 1 amide bonds. The van der Waals surface area contributed by atoms with E-state index >= 15 is 0 Å². The van der Waals surface area contributed by atoms with Gasteiger partial charge in [0.25, 0.3) is 5.91 Å². The molecule has 1 N–H and O–H groups in total. The highest BCUT2D eigenvalue weighted by molar-refractivity contribution is 5.92. The summed E-state index contributed by atoms with van der Waals surface area (Å²) in [6.45, 7) is 10.3. The number of hydrogen-bond acceptors (Lipinski definition) is 3. The molecule has 1 aliphatic heterocycles. The van der Waals surface area contributed by atoms with Gasteiger partial charge in [-0.25, -0.2) is 4.98 Å². The van der Waals surface area contributed by atoms with Crippen LogP contribution in [0.4, 0.5) is 5.69 Å². The van der Waals surface area contributed by atoms with Crippen LogP contribution in [-0.2, 0) is 0 Å². The van der Waals surface area contributed by atoms with Crippen LogP contribution in [0.15, 0.2) is 18.3 Å². The Morgan fingerprint density at radius 1 is 1.40 bits per heavy atom. The fraction of sp³-hybridized carbons (Fsp3) is 0.625. The molecule has 110 valence electrons. The fourth-order valence-corrected chi connectivity index (χ4v) is 2.54. The van der Waals surface area contributed by atoms with Crippen molar-refractivity contribution in [1.29, 1.82) is 0 Å². The highest BCUT2D eigenvalue weighted by Crippen LogP contribution is 2.22. The smallest absolute Gasteiger partial charge is 0.270 e. The molecule has 0 saturated carbocycles. The Hall–Kier alpha value is -1.58. The minimum atomic E-state index is -0.236. The zero-order valence-corrected chi connectivity index (χ0v) is 12.9. The number of rotatable bonds is 2. The number of pyridine rings is 1. The van der Waals surface area contributed by atoms with E-state index in [0.717, 1.165) is 24.7 Å². The molecule has 4 heteroatoms. The molecule has 1 aromatic rings. The number of carbonyl (C=O) groups excluding carboxylic acids is 1. The Morgan fingerprint density at radius 2 is 2.15 bits per heavy atom. The molecule has 1 fully saturated rings. The van der Waals surface area contributed by atoms with Gasteiger partial charge in [0.1, 0.15) is 5.69 Å². The van der Waals surface area contributed by atoms with E-state index in [1.165, 1.54) is 12.8 Å². The Morgan fingerprint density at radius 3 is 2.70 bits per heavy atom. The van der Waals surface area contributed by atoms with Gasteiger partial charge in [-0.3, -0.25) is 4.79 Å². The molecule has 0 aliphatic carbocycles. The van der Waals surface area contributed by atoms with Crippen molar-refractivity contribution in [2.45, 2.75) is 46.1 Å². The first-order valence-corrected chi connectivity index (χ1v) is 7.39. The molecular weight excluding hydrogens is 250 g/mol. The van der Waals surface area contributed by atoms with Crippen LogP contribution in [0.25, 0.3) is 0 Å². The van der Waals surface area contributed by atoms with Gasteiger partial charge in [0.2, 0.25) is 0 Å². The monoisotopic (exact) mass is 275 g/mol. The summed E-state index contributed by atoms with van der Waals surface area (Å²) in [5.41, 5.74) is 1.36. The van der Waals surface area contributed by atoms with Gasteiger partial charge in [-0.05, 0) is 51.7 Å². The number of anilines is 1. The van der Waals surface area contributed by atoms with E-state index in [4.69, 9.17) is 0 Å². The second-order valence-corrected chi connectivity index (χ2v) is 6.80. The van der Waals surface area contributed by atoms with Crippen molar-refractivity contribution >= 4 is 11.6 Å². The molecule has 1 aromatic heterocycles. The normalized spacial score (nSPS) is 19.8. The lowest BCUT2D eigenvalue weighted by atomic mass is 10.00. The Balaban J connectivity index is 2.04. The molecule has 2 rings (SSSR count). The third-order valence-electron chi connectivity index (χ3n) is 3.49. The summed E-state index contributed by atoms with van der Waals surface area (Å²) in [7, 11) is 0. The first-order chi connectivity index (χ1) is 9.35. The number of nitrogens with one attached hydrogen (secondary N) is 1. The van der Waals surface area contributed by atoms with Crippen molar-refractivity contribution in [3.63, 3.8) is 0 Å². The predicted molar refractivity (Wildman–Crippen MR) is 82.1 cm³/mol. The Bertz CT molecular complexity index is 462. The first kappa shape index (κ1) is 14.8. The largest absolute Gasteiger partial charge is 0.370 e. The van der Waals surface area contributed by atoms with Crippen LogP contribution in [0.3, 0.4) is 0 Å². The van der Waals surface area contributed by atoms with Crippen molar-refractivity contribution < 1.29 is 4.79 Å². The molecule has 0 radical (unpaired) electrons. The second kappa shape index (κ2) is 5.81. The number of amides is 1. The Kier molecular flexibility index (Phi) is 4.31. The standard InChI is InChI=1S/C16H25N3O/c1-12-6-5-9-19(11-12)13-7-8-14(17-10-13)15(20)18-16(2,3)4/h7-8,10,12H,5-6,9,11H2,1-4H3,(H,18,20). The predicted octanol–water partition coefficient (Wildman–Crippen LogP) is 2.85. The summed E-state index contributed by atoms with van der Waals surface area (Å²) >= 11 is 0. The molecule has 1 unspecified atom stereocenters. The summed E-state index contributed by atoms with van der Waals surface area (Å²) in [6, 6.07) is 3.82. The zero-order chi connectivity index (χ0) is 14.8. The summed E-state index contributed by atoms with van der Waals surface area (Å²) in [4.78, 5) is 18.7. The van der Waals surface area contributed by atoms with E-state index in [2.05, 4.69) is 22.1 Å². The third-order valence-corrected chi connectivity index (χ3v) is 3.49. The molecule has 1 aliphatic rings. The summed E-state index contributed by atoms with van der Waals surface area (Å²) < 4.78 is 0. The molecule has 20 heavy (non-hydrogen) atoms.